The molecule has 7 nitrogen and oxygen atoms in total. The predicted octanol–water partition coefficient (Wildman–Crippen LogP) is 4.67. The number of rotatable bonds is 5. The van der Waals surface area contributed by atoms with Crippen LogP contribution in [0.2, 0.25) is 0 Å². The van der Waals surface area contributed by atoms with Crippen LogP contribution in [-0.4, -0.2) is 34.3 Å². The van der Waals surface area contributed by atoms with Gasteiger partial charge in [-0.2, -0.15) is 15.3 Å². The standard InChI is InChI=1S/C20H22BrN7S/c1-12-5-7-16(8-6-12)10-26-11-17(9-22-26)27-19(23-24-20(27)29)15(4)28-14(3)18(21)13(2)25-28/h5-9,11,15H,10H2,1-4H3,(H,24,29)/t15-/m0/s1. The topological polar surface area (TPSA) is 69.2 Å². The van der Waals surface area contributed by atoms with E-state index in [2.05, 4.69) is 74.4 Å². The molecule has 4 rings (SSSR count). The summed E-state index contributed by atoms with van der Waals surface area (Å²) < 4.78 is 7.32. The molecule has 0 amide bonds. The van der Waals surface area contributed by atoms with Crippen molar-refractivity contribution < 1.29 is 0 Å². The van der Waals surface area contributed by atoms with Crippen molar-refractivity contribution in [3.63, 3.8) is 0 Å². The maximum atomic E-state index is 5.51. The Balaban J connectivity index is 1.67. The van der Waals surface area contributed by atoms with Crippen LogP contribution in [0.3, 0.4) is 0 Å². The third-order valence-electron chi connectivity index (χ3n) is 5.02. The largest absolute Gasteiger partial charge is 0.267 e. The Morgan fingerprint density at radius 3 is 2.55 bits per heavy atom. The van der Waals surface area contributed by atoms with Crippen molar-refractivity contribution in [2.24, 2.45) is 0 Å². The van der Waals surface area contributed by atoms with Crippen LogP contribution < -0.4 is 0 Å². The highest BCUT2D eigenvalue weighted by molar-refractivity contribution is 9.10. The van der Waals surface area contributed by atoms with Crippen molar-refractivity contribution in [3.05, 3.63) is 74.2 Å². The second-order valence-corrected chi connectivity index (χ2v) is 8.39. The van der Waals surface area contributed by atoms with Crippen LogP contribution >= 0.6 is 28.1 Å². The molecule has 1 aromatic carbocycles. The van der Waals surface area contributed by atoms with Gasteiger partial charge in [-0.1, -0.05) is 29.8 Å². The molecule has 29 heavy (non-hydrogen) atoms. The second-order valence-electron chi connectivity index (χ2n) is 7.21. The number of H-pyrrole nitrogens is 1. The Hall–Kier alpha value is -2.52. The summed E-state index contributed by atoms with van der Waals surface area (Å²) in [6, 6.07) is 8.35. The minimum Gasteiger partial charge on any atom is -0.267 e. The predicted molar refractivity (Wildman–Crippen MR) is 118 cm³/mol. The van der Waals surface area contributed by atoms with E-state index in [0.717, 1.165) is 27.4 Å². The molecule has 1 N–H and O–H groups in total. The summed E-state index contributed by atoms with van der Waals surface area (Å²) in [4.78, 5) is 0. The molecule has 150 valence electrons. The lowest BCUT2D eigenvalue weighted by molar-refractivity contribution is 0.512. The van der Waals surface area contributed by atoms with Gasteiger partial charge in [-0.25, -0.2) is 0 Å². The SMILES string of the molecule is Cc1ccc(Cn2cc(-n3c([C@H](C)n4nc(C)c(Br)c4C)n[nH]c3=S)cn2)cc1. The van der Waals surface area contributed by atoms with Crippen molar-refractivity contribution >= 4 is 28.1 Å². The van der Waals surface area contributed by atoms with E-state index in [1.54, 1.807) is 0 Å². The number of hydrogen-bond donors (Lipinski definition) is 1. The number of aromatic amines is 1. The highest BCUT2D eigenvalue weighted by Crippen LogP contribution is 2.26. The van der Waals surface area contributed by atoms with Crippen LogP contribution in [-0.2, 0) is 6.54 Å². The first-order chi connectivity index (χ1) is 13.8. The molecule has 0 radical (unpaired) electrons. The molecule has 0 aliphatic rings. The summed E-state index contributed by atoms with van der Waals surface area (Å²) >= 11 is 9.11. The molecule has 0 spiro atoms. The van der Waals surface area contributed by atoms with Crippen LogP contribution in [0, 0.1) is 25.5 Å². The van der Waals surface area contributed by atoms with Gasteiger partial charge >= 0.3 is 0 Å². The zero-order valence-corrected chi connectivity index (χ0v) is 19.1. The van der Waals surface area contributed by atoms with Gasteiger partial charge in [0.2, 0.25) is 0 Å². The van der Waals surface area contributed by atoms with Crippen LogP contribution in [0.4, 0.5) is 0 Å². The first-order valence-electron chi connectivity index (χ1n) is 9.32. The average Bonchev–Trinajstić information content (AvgIpc) is 3.38. The number of nitrogens with zero attached hydrogens (tertiary/aromatic N) is 6. The molecule has 0 aliphatic heterocycles. The number of benzene rings is 1. The second kappa shape index (κ2) is 7.72. The van der Waals surface area contributed by atoms with E-state index in [-0.39, 0.29) is 6.04 Å². The third-order valence-corrected chi connectivity index (χ3v) is 6.44. The molecule has 3 heterocycles. The van der Waals surface area contributed by atoms with Gasteiger partial charge in [0.25, 0.3) is 0 Å². The lowest BCUT2D eigenvalue weighted by atomic mass is 10.1. The summed E-state index contributed by atoms with van der Waals surface area (Å²) in [5, 5.41) is 16.6. The van der Waals surface area contributed by atoms with Crippen molar-refractivity contribution in [2.45, 2.75) is 40.3 Å². The van der Waals surface area contributed by atoms with Gasteiger partial charge in [-0.05, 0) is 61.4 Å². The smallest absolute Gasteiger partial charge is 0.200 e. The quantitative estimate of drug-likeness (QED) is 0.429. The molecule has 0 saturated heterocycles. The molecule has 9 heteroatoms. The molecule has 0 unspecified atom stereocenters. The van der Waals surface area contributed by atoms with E-state index in [1.165, 1.54) is 11.1 Å². The Labute approximate surface area is 182 Å². The van der Waals surface area contributed by atoms with E-state index in [9.17, 15) is 0 Å². The van der Waals surface area contributed by atoms with Gasteiger partial charge in [0.15, 0.2) is 10.6 Å². The van der Waals surface area contributed by atoms with Crippen molar-refractivity contribution in [3.8, 4) is 5.69 Å². The normalized spacial score (nSPS) is 12.4. The van der Waals surface area contributed by atoms with Crippen LogP contribution in [0.5, 0.6) is 0 Å². The van der Waals surface area contributed by atoms with Gasteiger partial charge < -0.3 is 0 Å². The summed E-state index contributed by atoms with van der Waals surface area (Å²) in [5.41, 5.74) is 5.31. The number of aryl methyl sites for hydroxylation is 2. The van der Waals surface area contributed by atoms with E-state index in [4.69, 9.17) is 12.2 Å². The molecule has 3 aromatic heterocycles. The third kappa shape index (κ3) is 3.72. The van der Waals surface area contributed by atoms with E-state index < -0.39 is 0 Å². The number of aromatic nitrogens is 7. The molecule has 4 aromatic rings. The zero-order valence-electron chi connectivity index (χ0n) is 16.7. The Morgan fingerprint density at radius 2 is 1.90 bits per heavy atom. The van der Waals surface area contributed by atoms with Crippen LogP contribution in [0.25, 0.3) is 5.69 Å². The summed E-state index contributed by atoms with van der Waals surface area (Å²) in [7, 11) is 0. The van der Waals surface area contributed by atoms with E-state index in [1.807, 2.05) is 40.2 Å². The van der Waals surface area contributed by atoms with Gasteiger partial charge in [0.1, 0.15) is 6.04 Å². The minimum absolute atomic E-state index is 0.103. The first-order valence-corrected chi connectivity index (χ1v) is 10.5. The average molecular weight is 472 g/mol. The lowest BCUT2D eigenvalue weighted by Gasteiger charge is -2.14. The van der Waals surface area contributed by atoms with Gasteiger partial charge in [-0.3, -0.25) is 19.0 Å². The van der Waals surface area contributed by atoms with Gasteiger partial charge in [0, 0.05) is 6.20 Å². The molecule has 0 fully saturated rings. The number of halogens is 1. The molecule has 0 bridgehead atoms. The zero-order chi connectivity index (χ0) is 20.7. The Kier molecular flexibility index (Phi) is 5.26. The van der Waals surface area contributed by atoms with Crippen molar-refractivity contribution in [2.75, 3.05) is 0 Å². The monoisotopic (exact) mass is 471 g/mol. The highest BCUT2D eigenvalue weighted by Gasteiger charge is 2.22. The number of hydrogen-bond acceptors (Lipinski definition) is 4. The molecular formula is C20H22BrN7S. The number of nitrogens with one attached hydrogen (secondary N) is 1. The molecular weight excluding hydrogens is 450 g/mol. The Bertz CT molecular complexity index is 1210. The fraction of sp³-hybridized carbons (Fsp3) is 0.300. The van der Waals surface area contributed by atoms with E-state index in [0.29, 0.717) is 11.3 Å². The summed E-state index contributed by atoms with van der Waals surface area (Å²) in [6.07, 6.45) is 3.80. The molecule has 0 saturated carbocycles. The maximum absolute atomic E-state index is 5.51. The van der Waals surface area contributed by atoms with Crippen molar-refractivity contribution in [1.29, 1.82) is 0 Å². The van der Waals surface area contributed by atoms with Crippen molar-refractivity contribution in [1.82, 2.24) is 34.3 Å². The highest BCUT2D eigenvalue weighted by atomic mass is 79.9. The first kappa shape index (κ1) is 19.8. The van der Waals surface area contributed by atoms with E-state index >= 15 is 0 Å². The van der Waals surface area contributed by atoms with Gasteiger partial charge in [-0.15, -0.1) is 0 Å². The Morgan fingerprint density at radius 1 is 1.17 bits per heavy atom. The lowest BCUT2D eigenvalue weighted by Crippen LogP contribution is -2.15. The molecule has 1 atom stereocenters. The van der Waals surface area contributed by atoms with Crippen LogP contribution in [0.15, 0.2) is 41.1 Å². The minimum atomic E-state index is -0.103. The van der Waals surface area contributed by atoms with Crippen LogP contribution in [0.1, 0.15) is 41.3 Å². The van der Waals surface area contributed by atoms with Gasteiger partial charge in [0.05, 0.1) is 34.3 Å². The fourth-order valence-electron chi connectivity index (χ4n) is 3.40. The maximum Gasteiger partial charge on any atom is 0.200 e. The summed E-state index contributed by atoms with van der Waals surface area (Å²) in [5.74, 6) is 0.781. The fourth-order valence-corrected chi connectivity index (χ4v) is 3.91. The molecule has 0 aliphatic carbocycles. The summed E-state index contributed by atoms with van der Waals surface area (Å²) in [6.45, 7) is 8.85.